The zero-order valence-corrected chi connectivity index (χ0v) is 10.9. The Morgan fingerprint density at radius 2 is 1.67 bits per heavy atom. The molecule has 1 atom stereocenters. The molecule has 0 saturated carbocycles. The van der Waals surface area contributed by atoms with Gasteiger partial charge >= 0.3 is 0 Å². The van der Waals surface area contributed by atoms with Crippen molar-refractivity contribution >= 4 is 16.9 Å². The predicted octanol–water partition coefficient (Wildman–Crippen LogP) is 3.47. The van der Waals surface area contributed by atoms with E-state index in [-0.39, 0.29) is 0 Å². The summed E-state index contributed by atoms with van der Waals surface area (Å²) >= 11 is 0. The molecule has 0 aliphatic carbocycles. The first-order valence-corrected chi connectivity index (χ1v) is 6.79. The van der Waals surface area contributed by atoms with E-state index >= 15 is 0 Å². The smallest absolute Gasteiger partial charge is 0.118 e. The molecule has 0 amide bonds. The lowest BCUT2D eigenvalue weighted by atomic mass is 10.2. The minimum atomic E-state index is -1.10. The standard InChI is InChI=1S/C15H14O2S/c1-17-14-9-7-13(8-10-14)11-12-18(16)15-5-3-2-4-6-15/h2-12H,1H3/b12-11-/t18-/m0/s1. The van der Waals surface area contributed by atoms with Crippen molar-refractivity contribution in [2.75, 3.05) is 7.11 Å². The second-order valence-corrected chi connectivity index (χ2v) is 5.02. The summed E-state index contributed by atoms with van der Waals surface area (Å²) in [5.41, 5.74) is 1.00. The molecular formula is C15H14O2S. The number of rotatable bonds is 4. The van der Waals surface area contributed by atoms with Gasteiger partial charge in [-0.15, -0.1) is 0 Å². The Hall–Kier alpha value is -1.87. The van der Waals surface area contributed by atoms with E-state index in [2.05, 4.69) is 0 Å². The fourth-order valence-electron chi connectivity index (χ4n) is 1.49. The Labute approximate surface area is 109 Å². The number of hydrogen-bond donors (Lipinski definition) is 0. The molecule has 0 spiro atoms. The fraction of sp³-hybridized carbons (Fsp3) is 0.0667. The zero-order chi connectivity index (χ0) is 12.8. The summed E-state index contributed by atoms with van der Waals surface area (Å²) in [4.78, 5) is 0.808. The molecule has 2 nitrogen and oxygen atoms in total. The predicted molar refractivity (Wildman–Crippen MR) is 74.9 cm³/mol. The highest BCUT2D eigenvalue weighted by Crippen LogP contribution is 2.14. The summed E-state index contributed by atoms with van der Waals surface area (Å²) in [6, 6.07) is 17.0. The Kier molecular flexibility index (Phi) is 4.31. The van der Waals surface area contributed by atoms with Gasteiger partial charge in [0.1, 0.15) is 5.75 Å². The maximum absolute atomic E-state index is 11.9. The molecule has 2 rings (SSSR count). The van der Waals surface area contributed by atoms with Crippen LogP contribution in [-0.2, 0) is 10.8 Å². The van der Waals surface area contributed by atoms with Crippen LogP contribution in [0.2, 0.25) is 0 Å². The first-order valence-electron chi connectivity index (χ1n) is 5.57. The van der Waals surface area contributed by atoms with Crippen molar-refractivity contribution in [2.24, 2.45) is 0 Å². The summed E-state index contributed by atoms with van der Waals surface area (Å²) in [5.74, 6) is 0.816. The molecule has 0 fully saturated rings. The number of methoxy groups -OCH3 is 1. The van der Waals surface area contributed by atoms with Crippen molar-refractivity contribution in [3.8, 4) is 5.75 Å². The third-order valence-corrected chi connectivity index (χ3v) is 3.60. The van der Waals surface area contributed by atoms with Gasteiger partial charge in [-0.2, -0.15) is 0 Å². The normalized spacial score (nSPS) is 12.5. The summed E-state index contributed by atoms with van der Waals surface area (Å²) < 4.78 is 17.0. The lowest BCUT2D eigenvalue weighted by Crippen LogP contribution is -1.85. The van der Waals surface area contributed by atoms with E-state index in [1.807, 2.05) is 60.7 Å². The minimum absolute atomic E-state index is 0.808. The summed E-state index contributed by atoms with van der Waals surface area (Å²) in [5, 5.41) is 1.69. The minimum Gasteiger partial charge on any atom is -0.497 e. The molecular weight excluding hydrogens is 244 g/mol. The first-order chi connectivity index (χ1) is 8.79. The van der Waals surface area contributed by atoms with Crippen molar-refractivity contribution in [2.45, 2.75) is 4.90 Å². The summed E-state index contributed by atoms with van der Waals surface area (Å²) in [6.07, 6.45) is 1.85. The quantitative estimate of drug-likeness (QED) is 0.839. The van der Waals surface area contributed by atoms with Gasteiger partial charge in [0.15, 0.2) is 0 Å². The maximum atomic E-state index is 11.9. The summed E-state index contributed by atoms with van der Waals surface area (Å²) in [7, 11) is 0.531. The lowest BCUT2D eigenvalue weighted by Gasteiger charge is -1.99. The van der Waals surface area contributed by atoms with Crippen LogP contribution in [0.15, 0.2) is 64.9 Å². The van der Waals surface area contributed by atoms with Crippen molar-refractivity contribution < 1.29 is 8.95 Å². The largest absolute Gasteiger partial charge is 0.497 e. The van der Waals surface area contributed by atoms with E-state index < -0.39 is 10.8 Å². The molecule has 3 heteroatoms. The van der Waals surface area contributed by atoms with Crippen LogP contribution in [0.25, 0.3) is 6.08 Å². The molecule has 0 aliphatic rings. The molecule has 0 heterocycles. The van der Waals surface area contributed by atoms with Gasteiger partial charge in [-0.3, -0.25) is 0 Å². The molecule has 92 valence electrons. The van der Waals surface area contributed by atoms with E-state index in [1.165, 1.54) is 0 Å². The van der Waals surface area contributed by atoms with E-state index in [0.29, 0.717) is 0 Å². The molecule has 18 heavy (non-hydrogen) atoms. The van der Waals surface area contributed by atoms with Gasteiger partial charge in [-0.05, 0) is 35.9 Å². The van der Waals surface area contributed by atoms with Crippen LogP contribution in [0.1, 0.15) is 5.56 Å². The van der Waals surface area contributed by atoms with Crippen LogP contribution < -0.4 is 4.74 Å². The lowest BCUT2D eigenvalue weighted by molar-refractivity contribution is 0.415. The van der Waals surface area contributed by atoms with Crippen molar-refractivity contribution in [3.63, 3.8) is 0 Å². The second-order valence-electron chi connectivity index (χ2n) is 3.69. The first kappa shape index (κ1) is 12.6. The molecule has 2 aromatic carbocycles. The topological polar surface area (TPSA) is 26.3 Å². The van der Waals surface area contributed by atoms with Gasteiger partial charge in [0.25, 0.3) is 0 Å². The maximum Gasteiger partial charge on any atom is 0.118 e. The average molecular weight is 258 g/mol. The number of hydrogen-bond acceptors (Lipinski definition) is 2. The van der Waals surface area contributed by atoms with Crippen LogP contribution in [0.4, 0.5) is 0 Å². The van der Waals surface area contributed by atoms with Crippen LogP contribution in [0, 0.1) is 0 Å². The highest BCUT2D eigenvalue weighted by molar-refractivity contribution is 7.88. The molecule has 0 unspecified atom stereocenters. The van der Waals surface area contributed by atoms with Gasteiger partial charge in [-0.25, -0.2) is 4.21 Å². The Morgan fingerprint density at radius 3 is 2.28 bits per heavy atom. The van der Waals surface area contributed by atoms with Crippen LogP contribution in [-0.4, -0.2) is 11.3 Å². The molecule has 0 aromatic heterocycles. The second kappa shape index (κ2) is 6.17. The number of ether oxygens (including phenoxy) is 1. The van der Waals surface area contributed by atoms with Crippen LogP contribution in [0.3, 0.4) is 0 Å². The number of benzene rings is 2. The Balaban J connectivity index is 2.08. The SMILES string of the molecule is COc1ccc(/C=C\[S@](=O)c2ccccc2)cc1. The van der Waals surface area contributed by atoms with Gasteiger partial charge in [0.05, 0.1) is 17.9 Å². The monoisotopic (exact) mass is 258 g/mol. The van der Waals surface area contributed by atoms with Crippen LogP contribution in [0.5, 0.6) is 5.75 Å². The van der Waals surface area contributed by atoms with Gasteiger partial charge in [0.2, 0.25) is 0 Å². The van der Waals surface area contributed by atoms with Gasteiger partial charge < -0.3 is 4.74 Å². The molecule has 0 bridgehead atoms. The highest BCUT2D eigenvalue weighted by atomic mass is 32.2. The Bertz CT molecular complexity index is 544. The van der Waals surface area contributed by atoms with E-state index in [9.17, 15) is 4.21 Å². The van der Waals surface area contributed by atoms with Crippen molar-refractivity contribution in [3.05, 3.63) is 65.6 Å². The molecule has 0 saturated heterocycles. The van der Waals surface area contributed by atoms with E-state index in [4.69, 9.17) is 4.74 Å². The van der Waals surface area contributed by atoms with Gasteiger partial charge in [0, 0.05) is 10.3 Å². The van der Waals surface area contributed by atoms with Crippen molar-refractivity contribution in [1.82, 2.24) is 0 Å². The van der Waals surface area contributed by atoms with Crippen LogP contribution >= 0.6 is 0 Å². The summed E-state index contributed by atoms with van der Waals surface area (Å²) in [6.45, 7) is 0. The molecule has 2 aromatic rings. The Morgan fingerprint density at radius 1 is 1.00 bits per heavy atom. The molecule has 0 N–H and O–H groups in total. The van der Waals surface area contributed by atoms with Crippen molar-refractivity contribution in [1.29, 1.82) is 0 Å². The third kappa shape index (κ3) is 3.31. The zero-order valence-electron chi connectivity index (χ0n) is 10.1. The molecule has 0 radical (unpaired) electrons. The van der Waals surface area contributed by atoms with E-state index in [0.717, 1.165) is 16.2 Å². The fourth-order valence-corrected chi connectivity index (χ4v) is 2.35. The molecule has 0 aliphatic heterocycles. The highest BCUT2D eigenvalue weighted by Gasteiger charge is 1.97. The third-order valence-electron chi connectivity index (χ3n) is 2.48. The average Bonchev–Trinajstić information content (AvgIpc) is 2.46. The van der Waals surface area contributed by atoms with Gasteiger partial charge in [-0.1, -0.05) is 30.3 Å². The van der Waals surface area contributed by atoms with E-state index in [1.54, 1.807) is 12.5 Å².